The average molecular weight is 459 g/mol. The van der Waals surface area contributed by atoms with Crippen molar-refractivity contribution in [3.8, 4) is 11.3 Å². The Labute approximate surface area is 189 Å². The highest BCUT2D eigenvalue weighted by Gasteiger charge is 2.61. The van der Waals surface area contributed by atoms with Crippen molar-refractivity contribution in [1.29, 1.82) is 0 Å². The fourth-order valence-corrected chi connectivity index (χ4v) is 4.92. The van der Waals surface area contributed by atoms with Crippen molar-refractivity contribution in [2.75, 3.05) is 0 Å². The van der Waals surface area contributed by atoms with E-state index in [-0.39, 0.29) is 41.0 Å². The molecular formula is C24H24F3N3O3. The SMILES string of the molecule is C=C1C(=O)O[C@H]2[C@H]1CC/C(Cn1cc(-c3ccccc3C(F)(F)F)nn1)=C\CC[C@@]1(C)O[C@@H]21. The number of allylic oxidation sites excluding steroid dienone is 2. The molecule has 2 saturated heterocycles. The number of epoxide rings is 1. The molecule has 0 amide bonds. The van der Waals surface area contributed by atoms with Crippen molar-refractivity contribution in [2.45, 2.75) is 63.1 Å². The van der Waals surface area contributed by atoms with E-state index in [0.29, 0.717) is 25.0 Å². The monoisotopic (exact) mass is 459 g/mol. The van der Waals surface area contributed by atoms with Gasteiger partial charge in [-0.15, -0.1) is 5.10 Å². The van der Waals surface area contributed by atoms with Gasteiger partial charge in [-0.2, -0.15) is 13.2 Å². The lowest BCUT2D eigenvalue weighted by atomic mass is 9.84. The lowest BCUT2D eigenvalue weighted by Gasteiger charge is -2.20. The normalized spacial score (nSPS) is 31.3. The van der Waals surface area contributed by atoms with Gasteiger partial charge in [-0.3, -0.25) is 0 Å². The van der Waals surface area contributed by atoms with Crippen LogP contribution in [0.3, 0.4) is 0 Å². The molecule has 1 aromatic heterocycles. The van der Waals surface area contributed by atoms with Crippen LogP contribution in [0.25, 0.3) is 11.3 Å². The fraction of sp³-hybridized carbons (Fsp3) is 0.458. The minimum atomic E-state index is -4.47. The molecule has 2 fully saturated rings. The van der Waals surface area contributed by atoms with Gasteiger partial charge in [0.15, 0.2) is 0 Å². The zero-order valence-corrected chi connectivity index (χ0v) is 18.1. The Bertz CT molecular complexity index is 1140. The van der Waals surface area contributed by atoms with E-state index < -0.39 is 11.7 Å². The molecule has 1 aliphatic carbocycles. The van der Waals surface area contributed by atoms with Gasteiger partial charge >= 0.3 is 12.1 Å². The summed E-state index contributed by atoms with van der Waals surface area (Å²) in [6.45, 7) is 6.36. The molecular weight excluding hydrogens is 435 g/mol. The van der Waals surface area contributed by atoms with Crippen LogP contribution in [0, 0.1) is 5.92 Å². The first-order chi connectivity index (χ1) is 15.7. The second kappa shape index (κ2) is 7.83. The minimum absolute atomic E-state index is 0.00166. The number of benzene rings is 1. The lowest BCUT2D eigenvalue weighted by molar-refractivity contribution is -0.140. The smallest absolute Gasteiger partial charge is 0.417 e. The second-order valence-corrected chi connectivity index (χ2v) is 9.14. The van der Waals surface area contributed by atoms with Crippen molar-refractivity contribution in [3.63, 3.8) is 0 Å². The van der Waals surface area contributed by atoms with Gasteiger partial charge in [-0.1, -0.05) is 41.6 Å². The standard InChI is InChI=1S/C24H24F3N3O3/c1-14-16-10-9-15(6-5-11-23(2)21(33-23)20(16)32-22(14)31)12-30-13-19(28-29-30)17-7-3-4-8-18(17)24(25,26)27/h3-4,6-8,13,16,20-21H,1,5,9-12H2,2H3/b15-6+/t16-,20-,21-,23+/m0/s1. The molecule has 0 radical (unpaired) electrons. The van der Waals surface area contributed by atoms with Crippen molar-refractivity contribution in [1.82, 2.24) is 15.0 Å². The third-order valence-corrected chi connectivity index (χ3v) is 6.85. The molecule has 0 N–H and O–H groups in total. The molecule has 33 heavy (non-hydrogen) atoms. The summed E-state index contributed by atoms with van der Waals surface area (Å²) in [5.41, 5.74) is 0.663. The largest absolute Gasteiger partial charge is 0.455 e. The van der Waals surface area contributed by atoms with E-state index in [1.54, 1.807) is 10.7 Å². The summed E-state index contributed by atoms with van der Waals surface area (Å²) in [5, 5.41) is 8.07. The molecule has 1 aromatic carbocycles. The summed E-state index contributed by atoms with van der Waals surface area (Å²) in [6.07, 6.45) is 1.72. The molecule has 174 valence electrons. The molecule has 9 heteroatoms. The van der Waals surface area contributed by atoms with Crippen molar-refractivity contribution in [2.24, 2.45) is 5.92 Å². The highest BCUT2D eigenvalue weighted by Crippen LogP contribution is 2.49. The van der Waals surface area contributed by atoms with Crippen LogP contribution in [0.4, 0.5) is 13.2 Å². The summed E-state index contributed by atoms with van der Waals surface area (Å²) in [6, 6.07) is 5.35. The first-order valence-corrected chi connectivity index (χ1v) is 11.0. The van der Waals surface area contributed by atoms with E-state index in [2.05, 4.69) is 23.0 Å². The van der Waals surface area contributed by atoms with E-state index in [1.807, 2.05) is 6.92 Å². The van der Waals surface area contributed by atoms with Crippen LogP contribution in [-0.4, -0.2) is 38.8 Å². The zero-order chi connectivity index (χ0) is 23.4. The van der Waals surface area contributed by atoms with Crippen LogP contribution < -0.4 is 0 Å². The van der Waals surface area contributed by atoms with Crippen molar-refractivity contribution >= 4 is 5.97 Å². The zero-order valence-electron chi connectivity index (χ0n) is 18.1. The molecule has 2 aliphatic heterocycles. The molecule has 0 saturated carbocycles. The van der Waals surface area contributed by atoms with Crippen LogP contribution in [0.2, 0.25) is 0 Å². The van der Waals surface area contributed by atoms with E-state index in [0.717, 1.165) is 24.5 Å². The van der Waals surface area contributed by atoms with Gasteiger partial charge in [-0.05, 0) is 38.7 Å². The Kier molecular flexibility index (Phi) is 5.19. The Morgan fingerprint density at radius 2 is 2.09 bits per heavy atom. The highest BCUT2D eigenvalue weighted by molar-refractivity contribution is 5.91. The van der Waals surface area contributed by atoms with Crippen LogP contribution in [0.1, 0.15) is 38.2 Å². The van der Waals surface area contributed by atoms with Gasteiger partial charge in [0, 0.05) is 17.1 Å². The number of carbonyl (C=O) groups is 1. The fourth-order valence-electron chi connectivity index (χ4n) is 4.92. The number of nitrogens with zero attached hydrogens (tertiary/aromatic N) is 3. The van der Waals surface area contributed by atoms with Gasteiger partial charge in [0.2, 0.25) is 0 Å². The number of hydrogen-bond donors (Lipinski definition) is 0. The van der Waals surface area contributed by atoms with Gasteiger partial charge < -0.3 is 9.47 Å². The van der Waals surface area contributed by atoms with Gasteiger partial charge in [0.1, 0.15) is 17.9 Å². The summed E-state index contributed by atoms with van der Waals surface area (Å²) in [5.74, 6) is -0.479. The van der Waals surface area contributed by atoms with Gasteiger partial charge in [0.05, 0.1) is 23.9 Å². The average Bonchev–Trinajstić information content (AvgIpc) is 3.08. The minimum Gasteiger partial charge on any atom is -0.455 e. The molecule has 0 spiro atoms. The first-order valence-electron chi connectivity index (χ1n) is 11.0. The Hall–Kier alpha value is -2.94. The summed E-state index contributed by atoms with van der Waals surface area (Å²) in [4.78, 5) is 12.1. The Balaban J connectivity index is 1.36. The number of esters is 1. The number of hydrogen-bond acceptors (Lipinski definition) is 5. The number of rotatable bonds is 3. The summed E-state index contributed by atoms with van der Waals surface area (Å²) >= 11 is 0. The summed E-state index contributed by atoms with van der Waals surface area (Å²) in [7, 11) is 0. The predicted molar refractivity (Wildman–Crippen MR) is 113 cm³/mol. The Morgan fingerprint density at radius 3 is 2.88 bits per heavy atom. The maximum Gasteiger partial charge on any atom is 0.417 e. The maximum atomic E-state index is 13.4. The Morgan fingerprint density at radius 1 is 1.30 bits per heavy atom. The van der Waals surface area contributed by atoms with Crippen LogP contribution >= 0.6 is 0 Å². The molecule has 3 aliphatic rings. The molecule has 5 rings (SSSR count). The molecule has 6 nitrogen and oxygen atoms in total. The van der Waals surface area contributed by atoms with E-state index in [9.17, 15) is 18.0 Å². The quantitative estimate of drug-likeness (QED) is 0.288. The van der Waals surface area contributed by atoms with Crippen molar-refractivity contribution in [3.05, 3.63) is 59.8 Å². The molecule has 2 aromatic rings. The van der Waals surface area contributed by atoms with E-state index >= 15 is 0 Å². The van der Waals surface area contributed by atoms with E-state index in [4.69, 9.17) is 9.47 Å². The van der Waals surface area contributed by atoms with Crippen molar-refractivity contribution < 1.29 is 27.4 Å². The number of alkyl halides is 3. The van der Waals surface area contributed by atoms with Crippen LogP contribution in [0.5, 0.6) is 0 Å². The summed E-state index contributed by atoms with van der Waals surface area (Å²) < 4.78 is 53.2. The number of halogens is 3. The first kappa shape index (κ1) is 21.9. The van der Waals surface area contributed by atoms with Crippen LogP contribution in [-0.2, 0) is 27.0 Å². The third kappa shape index (κ3) is 4.10. The second-order valence-electron chi connectivity index (χ2n) is 9.14. The molecule has 0 bridgehead atoms. The van der Waals surface area contributed by atoms with Crippen LogP contribution in [0.15, 0.2) is 54.3 Å². The maximum absolute atomic E-state index is 13.4. The molecule has 0 unspecified atom stereocenters. The number of ether oxygens (including phenoxy) is 2. The topological polar surface area (TPSA) is 69.5 Å². The molecule has 3 heterocycles. The van der Waals surface area contributed by atoms with E-state index in [1.165, 1.54) is 18.3 Å². The third-order valence-electron chi connectivity index (χ3n) is 6.85. The van der Waals surface area contributed by atoms with Gasteiger partial charge in [-0.25, -0.2) is 9.48 Å². The number of aromatic nitrogens is 3. The lowest BCUT2D eigenvalue weighted by Crippen LogP contribution is -2.29. The number of fused-ring (bicyclic) bond motifs is 3. The predicted octanol–water partition coefficient (Wildman–Crippen LogP) is 4.72. The van der Waals surface area contributed by atoms with Gasteiger partial charge in [0.25, 0.3) is 0 Å². The molecule has 4 atom stereocenters. The highest BCUT2D eigenvalue weighted by atomic mass is 19.4. The number of carbonyl (C=O) groups excluding carboxylic acids is 1.